The molecule has 0 amide bonds. The van der Waals surface area contributed by atoms with Crippen LogP contribution in [0.25, 0.3) is 0 Å². The highest BCUT2D eigenvalue weighted by molar-refractivity contribution is 5.27. The summed E-state index contributed by atoms with van der Waals surface area (Å²) < 4.78 is 38.4. The average Bonchev–Trinajstić information content (AvgIpc) is 2.73. The van der Waals surface area contributed by atoms with Gasteiger partial charge in [-0.1, -0.05) is 0 Å². The van der Waals surface area contributed by atoms with E-state index >= 15 is 0 Å². The number of aryl methyl sites for hydroxylation is 1. The van der Waals surface area contributed by atoms with Gasteiger partial charge in [-0.15, -0.1) is 0 Å². The molecule has 5 heteroatoms. The van der Waals surface area contributed by atoms with Gasteiger partial charge in [-0.3, -0.25) is 4.68 Å². The molecule has 0 radical (unpaired) electrons. The lowest BCUT2D eigenvalue weighted by Crippen LogP contribution is -2.09. The Kier molecular flexibility index (Phi) is 1.65. The highest BCUT2D eigenvalue weighted by Gasteiger charge is 2.41. The van der Waals surface area contributed by atoms with E-state index in [0.717, 1.165) is 12.8 Å². The highest BCUT2D eigenvalue weighted by Crippen LogP contribution is 2.45. The molecular formula is C8H9F3N2. The molecule has 1 aliphatic carbocycles. The van der Waals surface area contributed by atoms with Crippen LogP contribution < -0.4 is 0 Å². The Labute approximate surface area is 73.4 Å². The van der Waals surface area contributed by atoms with Crippen molar-refractivity contribution in [2.45, 2.75) is 24.9 Å². The molecule has 2 nitrogen and oxygen atoms in total. The summed E-state index contributed by atoms with van der Waals surface area (Å²) in [6.07, 6.45) is -1.12. The number of hydrogen-bond acceptors (Lipinski definition) is 1. The third-order valence-corrected chi connectivity index (χ3v) is 2.14. The normalized spacial score (nSPS) is 17.8. The van der Waals surface area contributed by atoms with Crippen LogP contribution in [0.1, 0.15) is 30.0 Å². The molecule has 1 heterocycles. The lowest BCUT2D eigenvalue weighted by Gasteiger charge is -2.03. The average molecular weight is 190 g/mol. The van der Waals surface area contributed by atoms with E-state index in [-0.39, 0.29) is 5.92 Å². The zero-order valence-corrected chi connectivity index (χ0v) is 7.10. The number of aromatic nitrogens is 2. The molecule has 0 atom stereocenters. The van der Waals surface area contributed by atoms with Crippen LogP contribution in [0, 0.1) is 0 Å². The third kappa shape index (κ3) is 1.55. The fourth-order valence-corrected chi connectivity index (χ4v) is 1.42. The van der Waals surface area contributed by atoms with Gasteiger partial charge in [0.2, 0.25) is 0 Å². The lowest BCUT2D eigenvalue weighted by atomic mass is 10.1. The SMILES string of the molecule is Cn1cc(C2CC2)c(C(F)(F)F)n1. The Hall–Kier alpha value is -1.00. The van der Waals surface area contributed by atoms with E-state index in [4.69, 9.17) is 0 Å². The molecule has 1 fully saturated rings. The summed E-state index contributed by atoms with van der Waals surface area (Å²) in [5, 5.41) is 3.43. The summed E-state index contributed by atoms with van der Waals surface area (Å²) in [6.45, 7) is 0. The van der Waals surface area contributed by atoms with Crippen LogP contribution in [0.2, 0.25) is 0 Å². The Morgan fingerprint density at radius 3 is 2.54 bits per heavy atom. The van der Waals surface area contributed by atoms with Gasteiger partial charge in [-0.05, 0) is 18.8 Å². The van der Waals surface area contributed by atoms with Gasteiger partial charge in [0.05, 0.1) is 0 Å². The number of halogens is 3. The van der Waals surface area contributed by atoms with Crippen molar-refractivity contribution in [1.29, 1.82) is 0 Å². The van der Waals surface area contributed by atoms with Crippen molar-refractivity contribution < 1.29 is 13.2 Å². The van der Waals surface area contributed by atoms with Crippen LogP contribution in [0.5, 0.6) is 0 Å². The van der Waals surface area contributed by atoms with Gasteiger partial charge < -0.3 is 0 Å². The molecule has 0 saturated heterocycles. The fourth-order valence-electron chi connectivity index (χ4n) is 1.42. The maximum atomic E-state index is 12.4. The van der Waals surface area contributed by atoms with Crippen molar-refractivity contribution in [3.63, 3.8) is 0 Å². The summed E-state index contributed by atoms with van der Waals surface area (Å²) >= 11 is 0. The first-order valence-electron chi connectivity index (χ1n) is 4.09. The minimum Gasteiger partial charge on any atom is -0.275 e. The number of nitrogens with zero attached hydrogens (tertiary/aromatic N) is 2. The van der Waals surface area contributed by atoms with Crippen LogP contribution in [-0.2, 0) is 13.2 Å². The van der Waals surface area contributed by atoms with E-state index in [9.17, 15) is 13.2 Å². The van der Waals surface area contributed by atoms with E-state index in [2.05, 4.69) is 5.10 Å². The second-order valence-electron chi connectivity index (χ2n) is 3.38. The van der Waals surface area contributed by atoms with Crippen molar-refractivity contribution in [3.05, 3.63) is 17.5 Å². The van der Waals surface area contributed by atoms with Crippen LogP contribution in [-0.4, -0.2) is 9.78 Å². The molecule has 0 bridgehead atoms. The molecule has 0 aromatic carbocycles. The molecule has 0 aliphatic heterocycles. The summed E-state index contributed by atoms with van der Waals surface area (Å²) in [4.78, 5) is 0. The zero-order valence-electron chi connectivity index (χ0n) is 7.10. The Balaban J connectivity index is 2.42. The third-order valence-electron chi connectivity index (χ3n) is 2.14. The second kappa shape index (κ2) is 2.49. The maximum Gasteiger partial charge on any atom is 0.435 e. The first-order valence-corrected chi connectivity index (χ1v) is 4.09. The minimum atomic E-state index is -4.31. The van der Waals surface area contributed by atoms with Gasteiger partial charge in [0.1, 0.15) is 0 Å². The van der Waals surface area contributed by atoms with Crippen LogP contribution >= 0.6 is 0 Å². The zero-order chi connectivity index (χ0) is 9.64. The van der Waals surface area contributed by atoms with Gasteiger partial charge in [-0.2, -0.15) is 18.3 Å². The molecule has 0 unspecified atom stereocenters. The fraction of sp³-hybridized carbons (Fsp3) is 0.625. The van der Waals surface area contributed by atoms with Crippen LogP contribution in [0.3, 0.4) is 0 Å². The van der Waals surface area contributed by atoms with E-state index < -0.39 is 11.9 Å². The standard InChI is InChI=1S/C8H9F3N2/c1-13-4-6(5-2-3-5)7(12-13)8(9,10)11/h4-5H,2-3H2,1H3. The minimum absolute atomic E-state index is 0.0883. The predicted molar refractivity (Wildman–Crippen MR) is 40.2 cm³/mol. The second-order valence-corrected chi connectivity index (χ2v) is 3.38. The monoisotopic (exact) mass is 190 g/mol. The molecule has 13 heavy (non-hydrogen) atoms. The molecule has 1 aliphatic rings. The van der Waals surface area contributed by atoms with E-state index in [1.807, 2.05) is 0 Å². The molecule has 0 N–H and O–H groups in total. The first kappa shape index (κ1) is 8.59. The van der Waals surface area contributed by atoms with Crippen molar-refractivity contribution in [2.75, 3.05) is 0 Å². The van der Waals surface area contributed by atoms with E-state index in [1.165, 1.54) is 17.9 Å². The van der Waals surface area contributed by atoms with E-state index in [1.54, 1.807) is 0 Å². The Morgan fingerprint density at radius 2 is 2.08 bits per heavy atom. The molecule has 1 saturated carbocycles. The van der Waals surface area contributed by atoms with Gasteiger partial charge in [0, 0.05) is 18.8 Å². The molecule has 0 spiro atoms. The first-order chi connectivity index (χ1) is 5.98. The summed E-state index contributed by atoms with van der Waals surface area (Å²) in [5.74, 6) is 0.0883. The topological polar surface area (TPSA) is 17.8 Å². The van der Waals surface area contributed by atoms with Crippen molar-refractivity contribution in [3.8, 4) is 0 Å². The molecule has 2 rings (SSSR count). The van der Waals surface area contributed by atoms with Gasteiger partial charge in [0.15, 0.2) is 5.69 Å². The smallest absolute Gasteiger partial charge is 0.275 e. The lowest BCUT2D eigenvalue weighted by molar-refractivity contribution is -0.142. The number of hydrogen-bond donors (Lipinski definition) is 0. The number of rotatable bonds is 1. The van der Waals surface area contributed by atoms with Crippen molar-refractivity contribution >= 4 is 0 Å². The Bertz CT molecular complexity index is 323. The summed E-state index contributed by atoms with van der Waals surface area (Å²) in [7, 11) is 1.52. The Morgan fingerprint density at radius 1 is 1.46 bits per heavy atom. The summed E-state index contributed by atoms with van der Waals surface area (Å²) in [6, 6.07) is 0. The molecule has 1 aromatic rings. The highest BCUT2D eigenvalue weighted by atomic mass is 19.4. The maximum absolute atomic E-state index is 12.4. The molecular weight excluding hydrogens is 181 g/mol. The van der Waals surface area contributed by atoms with Crippen molar-refractivity contribution in [2.24, 2.45) is 7.05 Å². The van der Waals surface area contributed by atoms with Gasteiger partial charge in [-0.25, -0.2) is 0 Å². The molecule has 72 valence electrons. The quantitative estimate of drug-likeness (QED) is 0.664. The van der Waals surface area contributed by atoms with Crippen LogP contribution in [0.15, 0.2) is 6.20 Å². The number of alkyl halides is 3. The van der Waals surface area contributed by atoms with Gasteiger partial charge >= 0.3 is 6.18 Å². The largest absolute Gasteiger partial charge is 0.435 e. The van der Waals surface area contributed by atoms with E-state index in [0.29, 0.717) is 5.56 Å². The van der Waals surface area contributed by atoms with Crippen LogP contribution in [0.4, 0.5) is 13.2 Å². The summed E-state index contributed by atoms with van der Waals surface area (Å²) in [5.41, 5.74) is -0.354. The van der Waals surface area contributed by atoms with Gasteiger partial charge in [0.25, 0.3) is 0 Å². The van der Waals surface area contributed by atoms with Crippen molar-refractivity contribution in [1.82, 2.24) is 9.78 Å². The molecule has 1 aromatic heterocycles. The predicted octanol–water partition coefficient (Wildman–Crippen LogP) is 2.32.